The SMILES string of the molecule is CSc1nnc(SC(C#N)Cc2ccc(C)cc2)s1. The molecule has 19 heavy (non-hydrogen) atoms. The molecule has 0 amide bonds. The zero-order valence-electron chi connectivity index (χ0n) is 10.7. The van der Waals surface area contributed by atoms with Crippen LogP contribution in [0.1, 0.15) is 11.1 Å². The third-order valence-electron chi connectivity index (χ3n) is 2.49. The molecule has 3 nitrogen and oxygen atoms in total. The number of rotatable bonds is 5. The van der Waals surface area contributed by atoms with Crippen LogP contribution < -0.4 is 0 Å². The van der Waals surface area contributed by atoms with Gasteiger partial charge in [0.15, 0.2) is 8.68 Å². The predicted molar refractivity (Wildman–Crippen MR) is 81.8 cm³/mol. The molecule has 2 aromatic rings. The van der Waals surface area contributed by atoms with E-state index < -0.39 is 0 Å². The van der Waals surface area contributed by atoms with Gasteiger partial charge in [0.1, 0.15) is 5.25 Å². The molecule has 98 valence electrons. The second-order valence-electron chi connectivity index (χ2n) is 3.96. The van der Waals surface area contributed by atoms with Crippen molar-refractivity contribution in [2.75, 3.05) is 6.26 Å². The molecule has 0 saturated carbocycles. The maximum Gasteiger partial charge on any atom is 0.176 e. The molecule has 0 N–H and O–H groups in total. The third kappa shape index (κ3) is 4.23. The van der Waals surface area contributed by atoms with Crippen LogP contribution in [-0.4, -0.2) is 21.7 Å². The Hall–Kier alpha value is -1.03. The normalized spacial score (nSPS) is 12.1. The fraction of sp³-hybridized carbons (Fsp3) is 0.308. The van der Waals surface area contributed by atoms with Gasteiger partial charge in [-0.15, -0.1) is 10.2 Å². The highest BCUT2D eigenvalue weighted by Gasteiger charge is 2.14. The smallest absolute Gasteiger partial charge is 0.176 e. The summed E-state index contributed by atoms with van der Waals surface area (Å²) in [6, 6.07) is 10.6. The second kappa shape index (κ2) is 6.94. The molecule has 0 saturated heterocycles. The minimum absolute atomic E-state index is 0.120. The highest BCUT2D eigenvalue weighted by atomic mass is 32.2. The average Bonchev–Trinajstić information content (AvgIpc) is 2.88. The number of hydrogen-bond acceptors (Lipinski definition) is 6. The molecule has 1 atom stereocenters. The summed E-state index contributed by atoms with van der Waals surface area (Å²) in [7, 11) is 0. The van der Waals surface area contributed by atoms with E-state index in [2.05, 4.69) is 47.5 Å². The lowest BCUT2D eigenvalue weighted by Crippen LogP contribution is -2.03. The first-order valence-electron chi connectivity index (χ1n) is 5.70. The first kappa shape index (κ1) is 14.4. The quantitative estimate of drug-likeness (QED) is 0.786. The lowest BCUT2D eigenvalue weighted by Gasteiger charge is -2.06. The number of thioether (sulfide) groups is 2. The van der Waals surface area contributed by atoms with Crippen LogP contribution in [0.15, 0.2) is 32.9 Å². The Morgan fingerprint density at radius 3 is 2.53 bits per heavy atom. The van der Waals surface area contributed by atoms with E-state index in [-0.39, 0.29) is 5.25 Å². The molecule has 0 bridgehead atoms. The molecule has 1 heterocycles. The van der Waals surface area contributed by atoms with Crippen LogP contribution in [0.5, 0.6) is 0 Å². The summed E-state index contributed by atoms with van der Waals surface area (Å²) in [6.45, 7) is 2.06. The Balaban J connectivity index is 2.00. The zero-order valence-corrected chi connectivity index (χ0v) is 13.1. The summed E-state index contributed by atoms with van der Waals surface area (Å²) in [5.74, 6) is 0. The summed E-state index contributed by atoms with van der Waals surface area (Å²) in [5, 5.41) is 17.3. The fourth-order valence-corrected chi connectivity index (χ4v) is 4.10. The molecular weight excluding hydrogens is 294 g/mol. The topological polar surface area (TPSA) is 49.6 Å². The van der Waals surface area contributed by atoms with Crippen molar-refractivity contribution in [2.45, 2.75) is 27.3 Å². The van der Waals surface area contributed by atoms with Crippen molar-refractivity contribution in [2.24, 2.45) is 0 Å². The lowest BCUT2D eigenvalue weighted by atomic mass is 10.1. The van der Waals surface area contributed by atoms with Gasteiger partial charge in [-0.25, -0.2) is 0 Å². The van der Waals surface area contributed by atoms with Crippen molar-refractivity contribution in [1.82, 2.24) is 10.2 Å². The largest absolute Gasteiger partial charge is 0.197 e. The van der Waals surface area contributed by atoms with Crippen LogP contribution in [0.4, 0.5) is 0 Å². The third-order valence-corrected chi connectivity index (χ3v) is 5.56. The van der Waals surface area contributed by atoms with Crippen LogP contribution in [-0.2, 0) is 6.42 Å². The Kier molecular flexibility index (Phi) is 5.25. The van der Waals surface area contributed by atoms with E-state index in [0.717, 1.165) is 15.1 Å². The second-order valence-corrected chi connectivity index (χ2v) is 7.44. The van der Waals surface area contributed by atoms with Gasteiger partial charge in [-0.3, -0.25) is 0 Å². The highest BCUT2D eigenvalue weighted by Crippen LogP contribution is 2.31. The van der Waals surface area contributed by atoms with E-state index in [1.54, 1.807) is 23.1 Å². The maximum atomic E-state index is 9.25. The van der Waals surface area contributed by atoms with Gasteiger partial charge >= 0.3 is 0 Å². The van der Waals surface area contributed by atoms with Gasteiger partial charge in [0.05, 0.1) is 6.07 Å². The van der Waals surface area contributed by atoms with Gasteiger partial charge in [-0.05, 0) is 25.2 Å². The monoisotopic (exact) mass is 307 g/mol. The molecule has 2 rings (SSSR count). The number of hydrogen-bond donors (Lipinski definition) is 0. The number of nitrogens with zero attached hydrogens (tertiary/aromatic N) is 3. The molecule has 0 spiro atoms. The first-order chi connectivity index (χ1) is 9.21. The van der Waals surface area contributed by atoms with Crippen molar-refractivity contribution < 1.29 is 0 Å². The van der Waals surface area contributed by atoms with Gasteiger partial charge in [0, 0.05) is 0 Å². The highest BCUT2D eigenvalue weighted by molar-refractivity contribution is 8.03. The van der Waals surface area contributed by atoms with E-state index in [1.807, 2.05) is 6.26 Å². The van der Waals surface area contributed by atoms with Crippen LogP contribution in [0, 0.1) is 18.3 Å². The Labute approximate surface area is 125 Å². The van der Waals surface area contributed by atoms with Crippen LogP contribution >= 0.6 is 34.9 Å². The number of aryl methyl sites for hydroxylation is 1. The van der Waals surface area contributed by atoms with Crippen molar-refractivity contribution in [3.05, 3.63) is 35.4 Å². The molecule has 1 aromatic carbocycles. The average molecular weight is 307 g/mol. The Morgan fingerprint density at radius 1 is 1.26 bits per heavy atom. The van der Waals surface area contributed by atoms with E-state index in [9.17, 15) is 5.26 Å². The predicted octanol–water partition coefficient (Wildman–Crippen LogP) is 3.80. The molecule has 0 aliphatic heterocycles. The molecule has 0 fully saturated rings. The molecular formula is C13H13N3S3. The number of nitriles is 1. The van der Waals surface area contributed by atoms with Crippen LogP contribution in [0.2, 0.25) is 0 Å². The summed E-state index contributed by atoms with van der Waals surface area (Å²) >= 11 is 4.62. The van der Waals surface area contributed by atoms with E-state index in [1.165, 1.54) is 22.9 Å². The fourth-order valence-electron chi connectivity index (χ4n) is 1.50. The van der Waals surface area contributed by atoms with Gasteiger partial charge < -0.3 is 0 Å². The van der Waals surface area contributed by atoms with Crippen molar-refractivity contribution in [1.29, 1.82) is 5.26 Å². The van der Waals surface area contributed by atoms with Crippen molar-refractivity contribution in [3.63, 3.8) is 0 Å². The van der Waals surface area contributed by atoms with Gasteiger partial charge in [0.25, 0.3) is 0 Å². The summed E-state index contributed by atoms with van der Waals surface area (Å²) in [4.78, 5) is 0. The molecule has 1 aromatic heterocycles. The summed E-state index contributed by atoms with van der Waals surface area (Å²) in [6.07, 6.45) is 2.71. The zero-order chi connectivity index (χ0) is 13.7. The van der Waals surface area contributed by atoms with Crippen LogP contribution in [0.25, 0.3) is 0 Å². The molecule has 1 unspecified atom stereocenters. The maximum absolute atomic E-state index is 9.25. The lowest BCUT2D eigenvalue weighted by molar-refractivity contribution is 0.948. The molecule has 6 heteroatoms. The molecule has 0 radical (unpaired) electrons. The first-order valence-corrected chi connectivity index (χ1v) is 8.62. The number of aromatic nitrogens is 2. The van der Waals surface area contributed by atoms with E-state index >= 15 is 0 Å². The van der Waals surface area contributed by atoms with Crippen molar-refractivity contribution in [3.8, 4) is 6.07 Å². The summed E-state index contributed by atoms with van der Waals surface area (Å²) in [5.41, 5.74) is 2.41. The van der Waals surface area contributed by atoms with Gasteiger partial charge in [-0.2, -0.15) is 5.26 Å². The van der Waals surface area contributed by atoms with E-state index in [0.29, 0.717) is 0 Å². The minimum Gasteiger partial charge on any atom is -0.197 e. The Bertz CT molecular complexity index is 572. The summed E-state index contributed by atoms with van der Waals surface area (Å²) < 4.78 is 1.80. The van der Waals surface area contributed by atoms with Crippen LogP contribution in [0.3, 0.4) is 0 Å². The number of benzene rings is 1. The van der Waals surface area contributed by atoms with Crippen molar-refractivity contribution >= 4 is 34.9 Å². The standard InChI is InChI=1S/C13H13N3S3/c1-9-3-5-10(6-4-9)7-11(8-14)18-13-16-15-12(17-2)19-13/h3-6,11H,7H2,1-2H3. The molecule has 0 aliphatic rings. The van der Waals surface area contributed by atoms with E-state index in [4.69, 9.17) is 0 Å². The Morgan fingerprint density at radius 2 is 1.95 bits per heavy atom. The molecule has 0 aliphatic carbocycles. The van der Waals surface area contributed by atoms with Gasteiger partial charge in [0.2, 0.25) is 0 Å². The van der Waals surface area contributed by atoms with Gasteiger partial charge in [-0.1, -0.05) is 64.7 Å². The minimum atomic E-state index is -0.120.